The van der Waals surface area contributed by atoms with Crippen molar-refractivity contribution in [2.45, 2.75) is 0 Å². The first-order valence-corrected chi connectivity index (χ1v) is 24.7. The molecule has 0 aliphatic carbocycles. The van der Waals surface area contributed by atoms with Gasteiger partial charge in [-0.3, -0.25) is 0 Å². The van der Waals surface area contributed by atoms with Gasteiger partial charge in [-0.2, -0.15) is 0 Å². The van der Waals surface area contributed by atoms with Gasteiger partial charge in [0.15, 0.2) is 8.07 Å². The minimum absolute atomic E-state index is 0.878. The van der Waals surface area contributed by atoms with Crippen molar-refractivity contribution in [3.8, 4) is 16.8 Å². The van der Waals surface area contributed by atoms with E-state index in [0.717, 1.165) is 50.3 Å². The molecule has 0 atom stereocenters. The highest BCUT2D eigenvalue weighted by Crippen LogP contribution is 2.45. The van der Waals surface area contributed by atoms with Crippen molar-refractivity contribution in [3.05, 3.63) is 255 Å². The number of fused-ring (bicyclic) bond motifs is 3. The van der Waals surface area contributed by atoms with E-state index in [2.05, 4.69) is 252 Å². The summed E-state index contributed by atoms with van der Waals surface area (Å²) in [5.41, 5.74) is 10.9. The van der Waals surface area contributed by atoms with Crippen molar-refractivity contribution in [1.82, 2.24) is 4.57 Å². The summed E-state index contributed by atoms with van der Waals surface area (Å²) in [6.07, 6.45) is 0. The first kappa shape index (κ1) is 38.1. The Morgan fingerprint density at radius 3 is 1.53 bits per heavy atom. The van der Waals surface area contributed by atoms with Gasteiger partial charge in [0.05, 0.1) is 11.0 Å². The molecule has 0 spiro atoms. The van der Waals surface area contributed by atoms with Gasteiger partial charge in [0.2, 0.25) is 0 Å². The lowest BCUT2D eigenvalue weighted by Gasteiger charge is -2.34. The van der Waals surface area contributed by atoms with Crippen molar-refractivity contribution < 1.29 is 4.42 Å². The van der Waals surface area contributed by atoms with Gasteiger partial charge in [-0.05, 0) is 109 Å². The van der Waals surface area contributed by atoms with Gasteiger partial charge < -0.3 is 13.9 Å². The third-order valence-corrected chi connectivity index (χ3v) is 18.5. The summed E-state index contributed by atoms with van der Waals surface area (Å²) in [6.45, 7) is 0. The van der Waals surface area contributed by atoms with Crippen LogP contribution in [-0.2, 0) is 0 Å². The van der Waals surface area contributed by atoms with Crippen LogP contribution in [0.15, 0.2) is 259 Å². The van der Waals surface area contributed by atoms with Crippen LogP contribution in [0.1, 0.15) is 0 Å². The molecule has 0 unspecified atom stereocenters. The summed E-state index contributed by atoms with van der Waals surface area (Å²) < 4.78 is 8.77. The van der Waals surface area contributed by atoms with E-state index in [1.807, 2.05) is 12.1 Å². The van der Waals surface area contributed by atoms with E-state index < -0.39 is 8.07 Å². The van der Waals surface area contributed by atoms with Crippen LogP contribution in [0.2, 0.25) is 0 Å². The van der Waals surface area contributed by atoms with Gasteiger partial charge in [-0.25, -0.2) is 0 Å². The lowest BCUT2D eigenvalue weighted by molar-refractivity contribution is 0.669. The topological polar surface area (TPSA) is 21.3 Å². The molecule has 13 aromatic rings. The lowest BCUT2D eigenvalue weighted by Crippen LogP contribution is -2.74. The fraction of sp³-hybridized carbons (Fsp3) is 0. The standard InChI is InChI=1S/C62H42N2OSi/c1-5-17-47(18-6-1)64-57-26-15-16-45-28-29-46-40-50(42-58(64)62(46)61(45)57)63(49-36-39-60-56(41-49)55-25-13-14-27-59(55)65-60)48-34-30-43(31-35-48)44-32-37-54(38-33-44)66(51-19-7-2-8-20-51,52-21-9-3-10-22-52)53-23-11-4-12-24-53/h1-42H. The van der Waals surface area contributed by atoms with Crippen LogP contribution in [0.3, 0.4) is 0 Å². The van der Waals surface area contributed by atoms with Gasteiger partial charge in [-0.1, -0.05) is 188 Å². The number of anilines is 3. The van der Waals surface area contributed by atoms with E-state index in [1.54, 1.807) is 0 Å². The SMILES string of the molecule is c1ccc(-n2c3cccc4ccc5cc(N(c6ccc(-c7ccc([Si](c8ccccc8)(c8ccccc8)c8ccccc8)cc7)cc6)c6ccc7oc8ccccc8c7c6)cc2c5c43)cc1. The Morgan fingerprint density at radius 1 is 0.333 bits per heavy atom. The molecule has 4 heteroatoms. The monoisotopic (exact) mass is 858 g/mol. The van der Waals surface area contributed by atoms with Gasteiger partial charge in [0.25, 0.3) is 0 Å². The summed E-state index contributed by atoms with van der Waals surface area (Å²) in [4.78, 5) is 2.40. The van der Waals surface area contributed by atoms with Crippen LogP contribution in [0.4, 0.5) is 17.1 Å². The molecule has 66 heavy (non-hydrogen) atoms. The largest absolute Gasteiger partial charge is 0.456 e. The molecule has 310 valence electrons. The van der Waals surface area contributed by atoms with E-state index in [0.29, 0.717) is 0 Å². The average Bonchev–Trinajstić information content (AvgIpc) is 3.94. The summed E-state index contributed by atoms with van der Waals surface area (Å²) in [7, 11) is -2.64. The molecule has 2 aromatic heterocycles. The zero-order valence-electron chi connectivity index (χ0n) is 36.1. The molecule has 2 heterocycles. The van der Waals surface area contributed by atoms with Crippen molar-refractivity contribution in [2.75, 3.05) is 4.90 Å². The second kappa shape index (κ2) is 15.4. The normalized spacial score (nSPS) is 11.9. The number of benzene rings is 11. The third-order valence-electron chi connectivity index (χ3n) is 13.7. The van der Waals surface area contributed by atoms with E-state index in [-0.39, 0.29) is 0 Å². The molecule has 0 aliphatic rings. The minimum atomic E-state index is -2.64. The molecular formula is C62H42N2OSi. The van der Waals surface area contributed by atoms with E-state index in [4.69, 9.17) is 4.42 Å². The Balaban J connectivity index is 0.963. The summed E-state index contributed by atoms with van der Waals surface area (Å²) in [5, 5.41) is 12.7. The van der Waals surface area contributed by atoms with E-state index >= 15 is 0 Å². The predicted molar refractivity (Wildman–Crippen MR) is 280 cm³/mol. The van der Waals surface area contributed by atoms with E-state index in [9.17, 15) is 0 Å². The zero-order chi connectivity index (χ0) is 43.6. The second-order valence-electron chi connectivity index (χ2n) is 17.3. The fourth-order valence-electron chi connectivity index (χ4n) is 10.7. The molecule has 0 aliphatic heterocycles. The van der Waals surface area contributed by atoms with Crippen molar-refractivity contribution >= 4 is 100 Å². The maximum Gasteiger partial charge on any atom is 0.179 e. The Kier molecular flexibility index (Phi) is 8.86. The first-order chi connectivity index (χ1) is 32.7. The van der Waals surface area contributed by atoms with Crippen LogP contribution >= 0.6 is 0 Å². The molecule has 0 fully saturated rings. The maximum atomic E-state index is 6.34. The number of hydrogen-bond acceptors (Lipinski definition) is 2. The number of hydrogen-bond donors (Lipinski definition) is 0. The number of nitrogens with zero attached hydrogens (tertiary/aromatic N) is 2. The highest BCUT2D eigenvalue weighted by atomic mass is 28.3. The molecule has 0 N–H and O–H groups in total. The van der Waals surface area contributed by atoms with Crippen LogP contribution in [0, 0.1) is 0 Å². The molecule has 0 saturated heterocycles. The third kappa shape index (κ3) is 5.96. The van der Waals surface area contributed by atoms with Crippen molar-refractivity contribution in [2.24, 2.45) is 0 Å². The van der Waals surface area contributed by atoms with Gasteiger partial charge in [0.1, 0.15) is 11.2 Å². The Labute approximate surface area is 384 Å². The molecular weight excluding hydrogens is 817 g/mol. The number of furan rings is 1. The Hall–Kier alpha value is -8.44. The van der Waals surface area contributed by atoms with Crippen LogP contribution in [0.5, 0.6) is 0 Å². The van der Waals surface area contributed by atoms with Crippen molar-refractivity contribution in [3.63, 3.8) is 0 Å². The summed E-state index contributed by atoms with van der Waals surface area (Å²) in [6, 6.07) is 93.4. The smallest absolute Gasteiger partial charge is 0.179 e. The summed E-state index contributed by atoms with van der Waals surface area (Å²) >= 11 is 0. The van der Waals surface area contributed by atoms with Crippen LogP contribution in [0.25, 0.3) is 71.3 Å². The molecule has 0 saturated carbocycles. The van der Waals surface area contributed by atoms with Gasteiger partial charge in [0, 0.05) is 44.3 Å². The van der Waals surface area contributed by atoms with E-state index in [1.165, 1.54) is 58.9 Å². The maximum absolute atomic E-state index is 6.34. The average molecular weight is 859 g/mol. The first-order valence-electron chi connectivity index (χ1n) is 22.7. The second-order valence-corrected chi connectivity index (χ2v) is 21.1. The highest BCUT2D eigenvalue weighted by Gasteiger charge is 2.41. The Bertz CT molecular complexity index is 3750. The molecule has 3 nitrogen and oxygen atoms in total. The minimum Gasteiger partial charge on any atom is -0.456 e. The molecule has 0 amide bonds. The highest BCUT2D eigenvalue weighted by molar-refractivity contribution is 7.19. The fourth-order valence-corrected chi connectivity index (χ4v) is 15.5. The number of aromatic nitrogens is 1. The Morgan fingerprint density at radius 2 is 0.864 bits per heavy atom. The summed E-state index contributed by atoms with van der Waals surface area (Å²) in [5.74, 6) is 0. The number of rotatable bonds is 9. The molecule has 0 bridgehead atoms. The van der Waals surface area contributed by atoms with Gasteiger partial charge >= 0.3 is 0 Å². The zero-order valence-corrected chi connectivity index (χ0v) is 37.1. The molecule has 11 aromatic carbocycles. The molecule has 0 radical (unpaired) electrons. The van der Waals surface area contributed by atoms with Crippen LogP contribution in [-0.4, -0.2) is 12.6 Å². The number of para-hydroxylation sites is 2. The molecule has 13 rings (SSSR count). The quantitative estimate of drug-likeness (QED) is 0.0819. The van der Waals surface area contributed by atoms with Gasteiger partial charge in [-0.15, -0.1) is 0 Å². The lowest BCUT2D eigenvalue weighted by atomic mass is 10.0. The van der Waals surface area contributed by atoms with Crippen molar-refractivity contribution in [1.29, 1.82) is 0 Å². The van der Waals surface area contributed by atoms with Crippen LogP contribution < -0.4 is 25.6 Å². The predicted octanol–water partition coefficient (Wildman–Crippen LogP) is 13.8.